The molecule has 0 fully saturated rings. The largest absolute Gasteiger partial charge is 0.491 e. The van der Waals surface area contributed by atoms with E-state index in [9.17, 15) is 13.2 Å². The van der Waals surface area contributed by atoms with Gasteiger partial charge in [0, 0.05) is 36.8 Å². The fourth-order valence-electron chi connectivity index (χ4n) is 3.21. The molecule has 1 amide bonds. The van der Waals surface area contributed by atoms with Crippen molar-refractivity contribution in [2.75, 3.05) is 26.2 Å². The zero-order valence-corrected chi connectivity index (χ0v) is 18.6. The lowest BCUT2D eigenvalue weighted by Gasteiger charge is -2.18. The Morgan fingerprint density at radius 3 is 2.45 bits per heavy atom. The third-order valence-electron chi connectivity index (χ3n) is 4.93. The second-order valence-corrected chi connectivity index (χ2v) is 8.70. The number of para-hydroxylation sites is 1. The van der Waals surface area contributed by atoms with Gasteiger partial charge in [-0.1, -0.05) is 18.2 Å². The smallest absolute Gasteiger partial charge is 0.253 e. The van der Waals surface area contributed by atoms with Gasteiger partial charge in [0.1, 0.15) is 11.3 Å². The number of pyridine rings is 1. The van der Waals surface area contributed by atoms with E-state index in [-0.39, 0.29) is 17.3 Å². The van der Waals surface area contributed by atoms with Gasteiger partial charge in [0.05, 0.1) is 11.5 Å². The predicted molar refractivity (Wildman–Crippen MR) is 121 cm³/mol. The second-order valence-electron chi connectivity index (χ2n) is 6.93. The molecule has 0 unspecified atom stereocenters. The predicted octanol–water partition coefficient (Wildman–Crippen LogP) is 3.46. The summed E-state index contributed by atoms with van der Waals surface area (Å²) in [6.45, 7) is 5.62. The van der Waals surface area contributed by atoms with Crippen LogP contribution in [0, 0.1) is 0 Å². The van der Waals surface area contributed by atoms with Crippen molar-refractivity contribution in [3.05, 3.63) is 66.4 Å². The van der Waals surface area contributed by atoms with Crippen molar-refractivity contribution in [2.24, 2.45) is 0 Å². The standard InChI is InChI=1S/C23H27N3O4S/c1-3-26(4-2)23(27)19-11-13-20(14-12-19)31(28,29)25-16-7-17-30-21-10-5-8-18-9-6-15-24-22(18)21/h5-6,8-15,25H,3-4,7,16-17H2,1-2H3. The van der Waals surface area contributed by atoms with Crippen LogP contribution in [-0.2, 0) is 10.0 Å². The van der Waals surface area contributed by atoms with Crippen LogP contribution in [0.3, 0.4) is 0 Å². The minimum Gasteiger partial charge on any atom is -0.491 e. The monoisotopic (exact) mass is 441 g/mol. The average Bonchev–Trinajstić information content (AvgIpc) is 2.79. The molecule has 2 aromatic carbocycles. The van der Waals surface area contributed by atoms with Crippen LogP contribution < -0.4 is 9.46 Å². The number of rotatable bonds is 10. The molecule has 0 bridgehead atoms. The van der Waals surface area contributed by atoms with Crippen LogP contribution in [0.4, 0.5) is 0 Å². The Balaban J connectivity index is 1.52. The second kappa shape index (κ2) is 10.4. The number of benzene rings is 2. The number of nitrogens with one attached hydrogen (secondary N) is 1. The molecule has 0 atom stereocenters. The summed E-state index contributed by atoms with van der Waals surface area (Å²) < 4.78 is 33.4. The Kier molecular flexibility index (Phi) is 7.59. The first kappa shape index (κ1) is 22.7. The molecular weight excluding hydrogens is 414 g/mol. The quantitative estimate of drug-likeness (QED) is 0.487. The highest BCUT2D eigenvalue weighted by Crippen LogP contribution is 2.23. The van der Waals surface area contributed by atoms with E-state index in [1.807, 2.05) is 44.2 Å². The van der Waals surface area contributed by atoms with Gasteiger partial charge in [-0.15, -0.1) is 0 Å². The lowest BCUT2D eigenvalue weighted by atomic mass is 10.2. The van der Waals surface area contributed by atoms with E-state index in [4.69, 9.17) is 4.74 Å². The number of ether oxygens (including phenoxy) is 1. The number of sulfonamides is 1. The number of hydrogen-bond acceptors (Lipinski definition) is 5. The minimum atomic E-state index is -3.66. The molecule has 164 valence electrons. The molecule has 1 heterocycles. The Labute approximate surface area is 183 Å². The highest BCUT2D eigenvalue weighted by Gasteiger charge is 2.16. The van der Waals surface area contributed by atoms with Gasteiger partial charge in [-0.3, -0.25) is 9.78 Å². The summed E-state index contributed by atoms with van der Waals surface area (Å²) >= 11 is 0. The lowest BCUT2D eigenvalue weighted by Crippen LogP contribution is -2.30. The molecule has 0 aliphatic carbocycles. The fraction of sp³-hybridized carbons (Fsp3) is 0.304. The van der Waals surface area contributed by atoms with E-state index in [2.05, 4.69) is 9.71 Å². The van der Waals surface area contributed by atoms with Crippen molar-refractivity contribution in [1.29, 1.82) is 0 Å². The van der Waals surface area contributed by atoms with Gasteiger partial charge in [0.2, 0.25) is 10.0 Å². The summed E-state index contributed by atoms with van der Waals surface area (Å²) in [5, 5.41) is 0.989. The van der Waals surface area contributed by atoms with Crippen LogP contribution in [0.15, 0.2) is 65.7 Å². The minimum absolute atomic E-state index is 0.109. The van der Waals surface area contributed by atoms with Gasteiger partial charge in [-0.05, 0) is 56.7 Å². The SMILES string of the molecule is CCN(CC)C(=O)c1ccc(S(=O)(=O)NCCCOc2cccc3cccnc23)cc1. The van der Waals surface area contributed by atoms with E-state index in [1.165, 1.54) is 12.1 Å². The van der Waals surface area contributed by atoms with Gasteiger partial charge >= 0.3 is 0 Å². The highest BCUT2D eigenvalue weighted by atomic mass is 32.2. The van der Waals surface area contributed by atoms with E-state index < -0.39 is 10.0 Å². The van der Waals surface area contributed by atoms with Gasteiger partial charge < -0.3 is 9.64 Å². The van der Waals surface area contributed by atoms with Crippen LogP contribution >= 0.6 is 0 Å². The number of carbonyl (C=O) groups is 1. The highest BCUT2D eigenvalue weighted by molar-refractivity contribution is 7.89. The summed E-state index contributed by atoms with van der Waals surface area (Å²) in [6.07, 6.45) is 2.21. The first-order valence-electron chi connectivity index (χ1n) is 10.3. The summed E-state index contributed by atoms with van der Waals surface area (Å²) in [5.74, 6) is 0.566. The lowest BCUT2D eigenvalue weighted by molar-refractivity contribution is 0.0773. The van der Waals surface area contributed by atoms with Crippen LogP contribution in [0.5, 0.6) is 5.75 Å². The Morgan fingerprint density at radius 2 is 1.74 bits per heavy atom. The molecule has 0 radical (unpaired) electrons. The first-order chi connectivity index (χ1) is 15.0. The number of fused-ring (bicyclic) bond motifs is 1. The molecule has 1 N–H and O–H groups in total. The molecular formula is C23H27N3O4S. The van der Waals surface area contributed by atoms with Crippen LogP contribution in [-0.4, -0.2) is 50.5 Å². The molecule has 0 aliphatic heterocycles. The topological polar surface area (TPSA) is 88.6 Å². The number of amides is 1. The molecule has 0 aliphatic rings. The average molecular weight is 442 g/mol. The summed E-state index contributed by atoms with van der Waals surface area (Å²) in [6, 6.07) is 15.5. The van der Waals surface area contributed by atoms with Gasteiger partial charge in [-0.25, -0.2) is 13.1 Å². The van der Waals surface area contributed by atoms with Crippen LogP contribution in [0.2, 0.25) is 0 Å². The zero-order valence-electron chi connectivity index (χ0n) is 17.7. The van der Waals surface area contributed by atoms with Crippen LogP contribution in [0.25, 0.3) is 10.9 Å². The van der Waals surface area contributed by atoms with Gasteiger partial charge in [0.25, 0.3) is 5.91 Å². The van der Waals surface area contributed by atoms with Crippen molar-refractivity contribution in [1.82, 2.24) is 14.6 Å². The fourth-order valence-corrected chi connectivity index (χ4v) is 4.28. The number of carbonyl (C=O) groups excluding carboxylic acids is 1. The maximum absolute atomic E-state index is 12.5. The number of aromatic nitrogens is 1. The maximum atomic E-state index is 12.5. The van der Waals surface area contributed by atoms with Crippen LogP contribution in [0.1, 0.15) is 30.6 Å². The van der Waals surface area contributed by atoms with Gasteiger partial charge in [-0.2, -0.15) is 0 Å². The number of hydrogen-bond donors (Lipinski definition) is 1. The Bertz CT molecular complexity index is 1120. The zero-order chi connectivity index (χ0) is 22.3. The van der Waals surface area contributed by atoms with Crippen molar-refractivity contribution in [3.63, 3.8) is 0 Å². The molecule has 0 spiro atoms. The van der Waals surface area contributed by atoms with E-state index in [1.54, 1.807) is 23.2 Å². The molecule has 7 nitrogen and oxygen atoms in total. The third-order valence-corrected chi connectivity index (χ3v) is 6.41. The molecule has 8 heteroatoms. The van der Waals surface area contributed by atoms with E-state index in [0.717, 1.165) is 10.9 Å². The molecule has 31 heavy (non-hydrogen) atoms. The summed E-state index contributed by atoms with van der Waals surface area (Å²) in [7, 11) is -3.66. The molecule has 1 aromatic heterocycles. The molecule has 0 saturated heterocycles. The first-order valence-corrected chi connectivity index (χ1v) is 11.8. The van der Waals surface area contributed by atoms with E-state index >= 15 is 0 Å². The normalized spacial score (nSPS) is 11.4. The summed E-state index contributed by atoms with van der Waals surface area (Å²) in [4.78, 5) is 18.5. The number of nitrogens with zero attached hydrogens (tertiary/aromatic N) is 2. The van der Waals surface area contributed by atoms with Crippen molar-refractivity contribution >= 4 is 26.8 Å². The summed E-state index contributed by atoms with van der Waals surface area (Å²) in [5.41, 5.74) is 1.25. The molecule has 0 saturated carbocycles. The van der Waals surface area contributed by atoms with Crippen molar-refractivity contribution in [3.8, 4) is 5.75 Å². The van der Waals surface area contributed by atoms with Gasteiger partial charge in [0.15, 0.2) is 0 Å². The third kappa shape index (κ3) is 5.59. The maximum Gasteiger partial charge on any atom is 0.253 e. The van der Waals surface area contributed by atoms with E-state index in [0.29, 0.717) is 37.4 Å². The van der Waals surface area contributed by atoms with Crippen molar-refractivity contribution in [2.45, 2.75) is 25.2 Å². The Hall–Kier alpha value is -2.97. The Morgan fingerprint density at radius 1 is 1.03 bits per heavy atom. The molecule has 3 rings (SSSR count). The molecule has 3 aromatic rings. The van der Waals surface area contributed by atoms with Crippen molar-refractivity contribution < 1.29 is 17.9 Å².